The summed E-state index contributed by atoms with van der Waals surface area (Å²) in [7, 11) is -1.59. The number of halogens is 1. The molecule has 1 saturated heterocycles. The maximum absolute atomic E-state index is 13.9. The van der Waals surface area contributed by atoms with Crippen LogP contribution in [0.4, 0.5) is 10.1 Å². The lowest BCUT2D eigenvalue weighted by atomic mass is 10.0. The second-order valence-electron chi connectivity index (χ2n) is 7.92. The minimum absolute atomic E-state index is 0.0968. The molecule has 0 saturated carbocycles. The zero-order chi connectivity index (χ0) is 21.1. The van der Waals surface area contributed by atoms with Crippen LogP contribution >= 0.6 is 0 Å². The summed E-state index contributed by atoms with van der Waals surface area (Å²) in [4.78, 5) is 4.50. The average Bonchev–Trinajstić information content (AvgIpc) is 3.11. The van der Waals surface area contributed by atoms with Gasteiger partial charge in [-0.2, -0.15) is 0 Å². The van der Waals surface area contributed by atoms with Crippen molar-refractivity contribution < 1.29 is 17.5 Å². The number of hydrogen-bond donors (Lipinski definition) is 1. The molecule has 8 heteroatoms. The Hall–Kier alpha value is -2.00. The number of morpholine rings is 1. The van der Waals surface area contributed by atoms with Crippen molar-refractivity contribution in [1.82, 2.24) is 9.62 Å². The first-order chi connectivity index (χ1) is 14.4. The van der Waals surface area contributed by atoms with Gasteiger partial charge in [-0.15, -0.1) is 0 Å². The molecular weight excluding hydrogens is 405 g/mol. The van der Waals surface area contributed by atoms with Crippen LogP contribution in [-0.2, 0) is 26.9 Å². The van der Waals surface area contributed by atoms with Crippen molar-refractivity contribution in [2.75, 3.05) is 51.3 Å². The summed E-state index contributed by atoms with van der Waals surface area (Å²) in [5.74, 6) is -0.875. The van der Waals surface area contributed by atoms with E-state index in [4.69, 9.17) is 4.74 Å². The Kier molecular flexibility index (Phi) is 6.38. The van der Waals surface area contributed by atoms with Crippen molar-refractivity contribution >= 4 is 15.7 Å². The van der Waals surface area contributed by atoms with Crippen LogP contribution in [0, 0.1) is 5.82 Å². The van der Waals surface area contributed by atoms with Crippen molar-refractivity contribution in [3.63, 3.8) is 0 Å². The van der Waals surface area contributed by atoms with Crippen molar-refractivity contribution in [3.05, 3.63) is 65.0 Å². The lowest BCUT2D eigenvalue weighted by molar-refractivity contribution is 0.0172. The number of rotatable bonds is 7. The van der Waals surface area contributed by atoms with Crippen LogP contribution in [0.5, 0.6) is 0 Å². The van der Waals surface area contributed by atoms with Crippen LogP contribution in [0.2, 0.25) is 0 Å². The summed E-state index contributed by atoms with van der Waals surface area (Å²) in [6.07, 6.45) is 0.995. The number of fused-ring (bicyclic) bond motifs is 1. The SMILES string of the molecule is CN1CCc2cc(C(CNS(=O)(=O)Cc3ccccc3F)N3CCOCC3)ccc21. The van der Waals surface area contributed by atoms with Gasteiger partial charge in [0.2, 0.25) is 10.0 Å². The van der Waals surface area contributed by atoms with Gasteiger partial charge in [-0.25, -0.2) is 17.5 Å². The Morgan fingerprint density at radius 1 is 1.13 bits per heavy atom. The standard InChI is InChI=1S/C22H28FN3O3S/c1-25-9-8-18-14-17(6-7-21(18)25)22(26-10-12-29-13-11-26)15-24-30(27,28)16-19-4-2-3-5-20(19)23/h2-7,14,22,24H,8-13,15-16H2,1H3. The van der Waals surface area contributed by atoms with Crippen LogP contribution in [-0.4, -0.2) is 59.8 Å². The van der Waals surface area contributed by atoms with Crippen LogP contribution in [0.25, 0.3) is 0 Å². The topological polar surface area (TPSA) is 61.9 Å². The Morgan fingerprint density at radius 2 is 1.90 bits per heavy atom. The number of hydrogen-bond acceptors (Lipinski definition) is 5. The van der Waals surface area contributed by atoms with Crippen molar-refractivity contribution in [2.45, 2.75) is 18.2 Å². The normalized spacial score (nSPS) is 18.4. The third kappa shape index (κ3) is 4.83. The number of nitrogens with one attached hydrogen (secondary N) is 1. The van der Waals surface area contributed by atoms with Gasteiger partial charge in [0.1, 0.15) is 5.82 Å². The first-order valence-electron chi connectivity index (χ1n) is 10.3. The molecule has 0 radical (unpaired) electrons. The third-order valence-electron chi connectivity index (χ3n) is 5.90. The van der Waals surface area contributed by atoms with Crippen molar-refractivity contribution in [2.24, 2.45) is 0 Å². The van der Waals surface area contributed by atoms with E-state index in [1.807, 2.05) is 0 Å². The molecule has 1 unspecified atom stereocenters. The summed E-state index contributed by atoms with van der Waals surface area (Å²) >= 11 is 0. The highest BCUT2D eigenvalue weighted by atomic mass is 32.2. The van der Waals surface area contributed by atoms with Gasteiger partial charge in [0.15, 0.2) is 0 Å². The van der Waals surface area contributed by atoms with Crippen molar-refractivity contribution in [1.29, 1.82) is 0 Å². The van der Waals surface area contributed by atoms with Crippen LogP contribution in [0.1, 0.15) is 22.7 Å². The molecule has 2 aliphatic rings. The molecule has 2 aromatic carbocycles. The van der Waals surface area contributed by atoms with Gasteiger partial charge in [0.25, 0.3) is 0 Å². The Balaban J connectivity index is 1.53. The minimum atomic E-state index is -3.68. The van der Waals surface area contributed by atoms with Crippen molar-refractivity contribution in [3.8, 4) is 0 Å². The number of nitrogens with zero attached hydrogens (tertiary/aromatic N) is 2. The summed E-state index contributed by atoms with van der Waals surface area (Å²) < 4.78 is 47.5. The van der Waals surface area contributed by atoms with Crippen LogP contribution in [0.3, 0.4) is 0 Å². The van der Waals surface area contributed by atoms with E-state index in [-0.39, 0.29) is 23.9 Å². The molecule has 2 aromatic rings. The van der Waals surface area contributed by atoms with E-state index in [1.54, 1.807) is 12.1 Å². The smallest absolute Gasteiger partial charge is 0.215 e. The number of anilines is 1. The highest BCUT2D eigenvalue weighted by Gasteiger charge is 2.26. The lowest BCUT2D eigenvalue weighted by Crippen LogP contribution is -2.44. The van der Waals surface area contributed by atoms with Gasteiger partial charge in [0, 0.05) is 50.5 Å². The van der Waals surface area contributed by atoms with E-state index in [9.17, 15) is 12.8 Å². The fourth-order valence-corrected chi connectivity index (χ4v) is 5.38. The van der Waals surface area contributed by atoms with Crippen LogP contribution < -0.4 is 9.62 Å². The largest absolute Gasteiger partial charge is 0.379 e. The summed E-state index contributed by atoms with van der Waals surface area (Å²) in [5, 5.41) is 0. The summed E-state index contributed by atoms with van der Waals surface area (Å²) in [6, 6.07) is 12.3. The van der Waals surface area contributed by atoms with Gasteiger partial charge in [-0.05, 0) is 29.7 Å². The van der Waals surface area contributed by atoms with Gasteiger partial charge in [0.05, 0.1) is 19.0 Å². The number of ether oxygens (including phenoxy) is 1. The maximum Gasteiger partial charge on any atom is 0.215 e. The van der Waals surface area contributed by atoms with E-state index in [0.717, 1.165) is 31.6 Å². The molecule has 6 nitrogen and oxygen atoms in total. The van der Waals surface area contributed by atoms with Gasteiger partial charge >= 0.3 is 0 Å². The van der Waals surface area contributed by atoms with Gasteiger partial charge in [-0.1, -0.05) is 30.3 Å². The van der Waals surface area contributed by atoms with Gasteiger partial charge < -0.3 is 9.64 Å². The molecule has 0 aliphatic carbocycles. The monoisotopic (exact) mass is 433 g/mol. The molecule has 1 atom stereocenters. The quantitative estimate of drug-likeness (QED) is 0.726. The van der Waals surface area contributed by atoms with E-state index in [1.165, 1.54) is 23.4 Å². The number of sulfonamides is 1. The van der Waals surface area contributed by atoms with E-state index in [0.29, 0.717) is 13.2 Å². The summed E-state index contributed by atoms with van der Waals surface area (Å²) in [6.45, 7) is 3.99. The Morgan fingerprint density at radius 3 is 2.67 bits per heavy atom. The van der Waals surface area contributed by atoms with Gasteiger partial charge in [-0.3, -0.25) is 4.90 Å². The number of likely N-dealkylation sites (N-methyl/N-ethyl adjacent to an activating group) is 1. The fourth-order valence-electron chi connectivity index (χ4n) is 4.22. The average molecular weight is 434 g/mol. The predicted octanol–water partition coefficient (Wildman–Crippen LogP) is 2.31. The molecule has 2 aliphatic heterocycles. The molecule has 0 bridgehead atoms. The molecule has 162 valence electrons. The minimum Gasteiger partial charge on any atom is -0.379 e. The van der Waals surface area contributed by atoms with E-state index >= 15 is 0 Å². The number of benzene rings is 2. The molecule has 4 rings (SSSR count). The van der Waals surface area contributed by atoms with E-state index < -0.39 is 15.8 Å². The van der Waals surface area contributed by atoms with Crippen LogP contribution in [0.15, 0.2) is 42.5 Å². The third-order valence-corrected chi connectivity index (χ3v) is 7.20. The molecule has 0 amide bonds. The molecule has 0 aromatic heterocycles. The molecule has 2 heterocycles. The Bertz CT molecular complexity index is 993. The first-order valence-corrected chi connectivity index (χ1v) is 11.9. The zero-order valence-corrected chi connectivity index (χ0v) is 18.0. The molecule has 30 heavy (non-hydrogen) atoms. The Labute approximate surface area is 177 Å². The highest BCUT2D eigenvalue weighted by Crippen LogP contribution is 2.31. The first kappa shape index (κ1) is 21.2. The maximum atomic E-state index is 13.9. The second kappa shape index (κ2) is 9.01. The fraction of sp³-hybridized carbons (Fsp3) is 0.455. The zero-order valence-electron chi connectivity index (χ0n) is 17.2. The highest BCUT2D eigenvalue weighted by molar-refractivity contribution is 7.88. The molecule has 1 fully saturated rings. The van der Waals surface area contributed by atoms with E-state index in [2.05, 4.69) is 39.8 Å². The molecule has 1 N–H and O–H groups in total. The predicted molar refractivity (Wildman–Crippen MR) is 116 cm³/mol. The molecule has 0 spiro atoms. The summed E-state index contributed by atoms with van der Waals surface area (Å²) in [5.41, 5.74) is 3.80. The second-order valence-corrected chi connectivity index (χ2v) is 9.73. The molecular formula is C22H28FN3O3S. The lowest BCUT2D eigenvalue weighted by Gasteiger charge is -2.35.